The van der Waals surface area contributed by atoms with Gasteiger partial charge in [0.05, 0.1) is 13.2 Å². The number of hydrogen-bond donors (Lipinski definition) is 6. The van der Waals surface area contributed by atoms with Crippen LogP contribution < -0.4 is 5.32 Å². The highest BCUT2D eigenvalue weighted by molar-refractivity contribution is 5.73. The molecule has 1 aromatic rings. The van der Waals surface area contributed by atoms with Crippen molar-refractivity contribution in [3.63, 3.8) is 0 Å². The SMILES string of the molecule is O=C(O)[C@@H](Cc1ccccc1)NC/C(O)=C(\O)[C@H](O)CO. The molecule has 6 N–H and O–H groups in total. The van der Waals surface area contributed by atoms with Crippen LogP contribution in [0.2, 0.25) is 0 Å². The van der Waals surface area contributed by atoms with Crippen molar-refractivity contribution in [3.8, 4) is 0 Å². The highest BCUT2D eigenvalue weighted by Gasteiger charge is 2.20. The molecule has 0 bridgehead atoms. The lowest BCUT2D eigenvalue weighted by Gasteiger charge is -2.15. The zero-order valence-electron chi connectivity index (χ0n) is 11.3. The third-order valence-corrected chi connectivity index (χ3v) is 2.88. The number of hydrogen-bond acceptors (Lipinski definition) is 6. The minimum Gasteiger partial charge on any atom is -0.507 e. The summed E-state index contributed by atoms with van der Waals surface area (Å²) in [5.41, 5.74) is 0.806. The topological polar surface area (TPSA) is 130 Å². The first-order chi connectivity index (χ1) is 9.95. The van der Waals surface area contributed by atoms with Gasteiger partial charge in [-0.15, -0.1) is 0 Å². The monoisotopic (exact) mass is 297 g/mol. The van der Waals surface area contributed by atoms with Crippen molar-refractivity contribution in [2.45, 2.75) is 18.6 Å². The summed E-state index contributed by atoms with van der Waals surface area (Å²) in [7, 11) is 0. The van der Waals surface area contributed by atoms with Gasteiger partial charge in [-0.3, -0.25) is 10.1 Å². The lowest BCUT2D eigenvalue weighted by molar-refractivity contribution is -0.139. The van der Waals surface area contributed by atoms with Crippen LogP contribution in [0.25, 0.3) is 0 Å². The van der Waals surface area contributed by atoms with Crippen LogP contribution in [0.5, 0.6) is 0 Å². The number of aliphatic hydroxyl groups excluding tert-OH is 4. The van der Waals surface area contributed by atoms with Gasteiger partial charge in [-0.25, -0.2) is 0 Å². The van der Waals surface area contributed by atoms with E-state index in [1.807, 2.05) is 6.07 Å². The fraction of sp³-hybridized carbons (Fsp3) is 0.357. The van der Waals surface area contributed by atoms with Crippen LogP contribution >= 0.6 is 0 Å². The number of benzene rings is 1. The zero-order chi connectivity index (χ0) is 15.8. The second-order valence-corrected chi connectivity index (χ2v) is 4.49. The van der Waals surface area contributed by atoms with Gasteiger partial charge in [0, 0.05) is 0 Å². The Bertz CT molecular complexity index is 487. The van der Waals surface area contributed by atoms with Crippen LogP contribution in [0.1, 0.15) is 5.56 Å². The molecule has 7 nitrogen and oxygen atoms in total. The van der Waals surface area contributed by atoms with Crippen LogP contribution in [0.4, 0.5) is 0 Å². The van der Waals surface area contributed by atoms with Crippen molar-refractivity contribution >= 4 is 5.97 Å². The van der Waals surface area contributed by atoms with Gasteiger partial charge >= 0.3 is 5.97 Å². The molecule has 0 radical (unpaired) electrons. The number of carbonyl (C=O) groups is 1. The third kappa shape index (κ3) is 5.42. The van der Waals surface area contributed by atoms with Crippen LogP contribution in [-0.2, 0) is 11.2 Å². The first-order valence-corrected chi connectivity index (χ1v) is 6.35. The van der Waals surface area contributed by atoms with E-state index in [0.717, 1.165) is 5.56 Å². The molecule has 2 atom stereocenters. The summed E-state index contributed by atoms with van der Waals surface area (Å²) in [5.74, 6) is -2.50. The number of aliphatic hydroxyl groups is 4. The van der Waals surface area contributed by atoms with Gasteiger partial charge in [-0.1, -0.05) is 30.3 Å². The largest absolute Gasteiger partial charge is 0.507 e. The van der Waals surface area contributed by atoms with Crippen molar-refractivity contribution in [2.75, 3.05) is 13.2 Å². The Kier molecular flexibility index (Phi) is 6.67. The molecule has 0 saturated carbocycles. The maximum Gasteiger partial charge on any atom is 0.321 e. The highest BCUT2D eigenvalue weighted by Crippen LogP contribution is 2.06. The second-order valence-electron chi connectivity index (χ2n) is 4.49. The van der Waals surface area contributed by atoms with Gasteiger partial charge in [0.1, 0.15) is 17.9 Å². The Morgan fingerprint density at radius 1 is 1.14 bits per heavy atom. The average Bonchev–Trinajstić information content (AvgIpc) is 2.50. The van der Waals surface area contributed by atoms with Crippen molar-refractivity contribution < 1.29 is 30.3 Å². The van der Waals surface area contributed by atoms with Gasteiger partial charge in [-0.2, -0.15) is 0 Å². The summed E-state index contributed by atoms with van der Waals surface area (Å²) in [5, 5.41) is 48.4. The van der Waals surface area contributed by atoms with E-state index >= 15 is 0 Å². The van der Waals surface area contributed by atoms with E-state index in [0.29, 0.717) is 0 Å². The summed E-state index contributed by atoms with van der Waals surface area (Å²) >= 11 is 0. The second kappa shape index (κ2) is 8.25. The minimum absolute atomic E-state index is 0.201. The molecule has 0 saturated heterocycles. The Morgan fingerprint density at radius 2 is 1.76 bits per heavy atom. The summed E-state index contributed by atoms with van der Waals surface area (Å²) in [4.78, 5) is 11.2. The minimum atomic E-state index is -1.59. The van der Waals surface area contributed by atoms with Crippen molar-refractivity contribution in [1.29, 1.82) is 0 Å². The van der Waals surface area contributed by atoms with Gasteiger partial charge in [0.25, 0.3) is 0 Å². The van der Waals surface area contributed by atoms with Crippen LogP contribution in [-0.4, -0.2) is 56.8 Å². The standard InChI is InChI=1S/C14H19NO6/c16-8-12(18)13(19)11(17)7-15-10(14(20)21)6-9-4-2-1-3-5-9/h1-5,10,12,15-19H,6-8H2,(H,20,21)/b13-11+/t10-,12-/m1/s1. The quantitative estimate of drug-likeness (QED) is 0.371. The molecule has 0 heterocycles. The lowest BCUT2D eigenvalue weighted by atomic mass is 10.1. The van der Waals surface area contributed by atoms with E-state index < -0.39 is 36.2 Å². The fourth-order valence-electron chi connectivity index (χ4n) is 1.69. The Morgan fingerprint density at radius 3 is 2.29 bits per heavy atom. The van der Waals surface area contributed by atoms with Crippen LogP contribution in [0.15, 0.2) is 41.9 Å². The molecule has 0 aliphatic carbocycles. The number of carboxylic acids is 1. The molecule has 1 aromatic carbocycles. The number of nitrogens with one attached hydrogen (secondary N) is 1. The lowest BCUT2D eigenvalue weighted by Crippen LogP contribution is -2.40. The van der Waals surface area contributed by atoms with Gasteiger partial charge in [0.2, 0.25) is 0 Å². The van der Waals surface area contributed by atoms with E-state index in [9.17, 15) is 15.0 Å². The Hall–Kier alpha value is -2.09. The first-order valence-electron chi connectivity index (χ1n) is 6.35. The molecule has 0 aromatic heterocycles. The molecule has 0 spiro atoms. The van der Waals surface area contributed by atoms with E-state index in [1.54, 1.807) is 24.3 Å². The van der Waals surface area contributed by atoms with Gasteiger partial charge in [-0.05, 0) is 12.0 Å². The smallest absolute Gasteiger partial charge is 0.321 e. The molecule has 116 valence electrons. The maximum absolute atomic E-state index is 11.2. The summed E-state index contributed by atoms with van der Waals surface area (Å²) < 4.78 is 0. The van der Waals surface area contributed by atoms with E-state index in [1.165, 1.54) is 0 Å². The molecule has 0 fully saturated rings. The molecule has 7 heteroatoms. The average molecular weight is 297 g/mol. The van der Waals surface area contributed by atoms with Crippen LogP contribution in [0.3, 0.4) is 0 Å². The van der Waals surface area contributed by atoms with Gasteiger partial charge < -0.3 is 25.5 Å². The molecular weight excluding hydrogens is 278 g/mol. The summed E-state index contributed by atoms with van der Waals surface area (Å²) in [6.45, 7) is -1.09. The number of rotatable bonds is 8. The molecule has 0 amide bonds. The molecule has 0 unspecified atom stereocenters. The van der Waals surface area contributed by atoms with Crippen molar-refractivity contribution in [2.24, 2.45) is 0 Å². The highest BCUT2D eigenvalue weighted by atomic mass is 16.4. The van der Waals surface area contributed by atoms with E-state index in [-0.39, 0.29) is 13.0 Å². The molecular formula is C14H19NO6. The molecule has 0 aliphatic heterocycles. The normalized spacial score (nSPS) is 15.1. The summed E-state index contributed by atoms with van der Waals surface area (Å²) in [6.07, 6.45) is -1.39. The van der Waals surface area contributed by atoms with E-state index in [4.69, 9.17) is 15.3 Å². The van der Waals surface area contributed by atoms with Crippen LogP contribution in [0, 0.1) is 0 Å². The van der Waals surface area contributed by atoms with Crippen molar-refractivity contribution in [3.05, 3.63) is 47.4 Å². The number of aliphatic carboxylic acids is 1. The maximum atomic E-state index is 11.2. The predicted octanol–water partition coefficient (Wildman–Crippen LogP) is -0.0473. The number of carboxylic acid groups (broad SMARTS) is 1. The zero-order valence-corrected chi connectivity index (χ0v) is 11.3. The predicted molar refractivity (Wildman–Crippen MR) is 74.9 cm³/mol. The van der Waals surface area contributed by atoms with Crippen molar-refractivity contribution in [1.82, 2.24) is 5.32 Å². The third-order valence-electron chi connectivity index (χ3n) is 2.88. The van der Waals surface area contributed by atoms with E-state index in [2.05, 4.69) is 5.32 Å². The first kappa shape index (κ1) is 17.0. The molecule has 0 aliphatic rings. The summed E-state index contributed by atoms with van der Waals surface area (Å²) in [6, 6.07) is 7.98. The molecule has 21 heavy (non-hydrogen) atoms. The fourth-order valence-corrected chi connectivity index (χ4v) is 1.69. The Labute approximate surface area is 121 Å². The molecule has 1 rings (SSSR count). The van der Waals surface area contributed by atoms with Gasteiger partial charge in [0.15, 0.2) is 5.76 Å². The Balaban J connectivity index is 2.66.